The molecule has 1 unspecified atom stereocenters. The monoisotopic (exact) mass is 366 g/mol. The van der Waals surface area contributed by atoms with Gasteiger partial charge in [-0.15, -0.1) is 0 Å². The van der Waals surface area contributed by atoms with Crippen LogP contribution in [-0.2, 0) is 20.0 Å². The van der Waals surface area contributed by atoms with E-state index in [0.717, 1.165) is 43.8 Å². The number of halogens is 1. The average Bonchev–Trinajstić information content (AvgIpc) is 3.25. The van der Waals surface area contributed by atoms with Crippen LogP contribution >= 0.6 is 0 Å². The van der Waals surface area contributed by atoms with Gasteiger partial charge in [0.05, 0.1) is 17.6 Å². The van der Waals surface area contributed by atoms with E-state index in [-0.39, 0.29) is 5.82 Å². The second-order valence-electron chi connectivity index (χ2n) is 7.63. The molecular formula is C22H27FN4. The number of para-hydroxylation sites is 1. The van der Waals surface area contributed by atoms with E-state index in [9.17, 15) is 4.39 Å². The molecule has 142 valence electrons. The van der Waals surface area contributed by atoms with E-state index < -0.39 is 0 Å². The number of nitrogens with zero attached hydrogens (tertiary/aromatic N) is 3. The van der Waals surface area contributed by atoms with Gasteiger partial charge in [-0.05, 0) is 61.4 Å². The number of aryl methyl sites for hydroxylation is 3. The predicted octanol–water partition coefficient (Wildman–Crippen LogP) is 3.98. The van der Waals surface area contributed by atoms with Crippen LogP contribution < -0.4 is 5.43 Å². The molecule has 0 spiro atoms. The van der Waals surface area contributed by atoms with Crippen molar-refractivity contribution in [1.29, 1.82) is 0 Å². The highest BCUT2D eigenvalue weighted by Gasteiger charge is 2.22. The second-order valence-corrected chi connectivity index (χ2v) is 7.63. The molecule has 1 atom stereocenters. The predicted molar refractivity (Wildman–Crippen MR) is 107 cm³/mol. The molecule has 2 heterocycles. The number of aromatic nitrogens is 2. The van der Waals surface area contributed by atoms with Gasteiger partial charge in [-0.2, -0.15) is 0 Å². The van der Waals surface area contributed by atoms with Crippen LogP contribution in [0.25, 0.3) is 11.0 Å². The average molecular weight is 366 g/mol. The highest BCUT2D eigenvalue weighted by molar-refractivity contribution is 5.79. The lowest BCUT2D eigenvalue weighted by atomic mass is 9.99. The van der Waals surface area contributed by atoms with Crippen LogP contribution in [0.5, 0.6) is 0 Å². The van der Waals surface area contributed by atoms with E-state index in [4.69, 9.17) is 4.98 Å². The van der Waals surface area contributed by atoms with E-state index >= 15 is 0 Å². The maximum absolute atomic E-state index is 13.0. The minimum absolute atomic E-state index is 0.160. The number of nitrogens with one attached hydrogen (secondary N) is 1. The SMILES string of the molecule is Cc1cccc2nc(CNN3CCC(CCc4ccc(F)cc4)C3)n(C)c12. The summed E-state index contributed by atoms with van der Waals surface area (Å²) in [5, 5.41) is 2.32. The molecular weight excluding hydrogens is 339 g/mol. The van der Waals surface area contributed by atoms with Gasteiger partial charge in [-0.3, -0.25) is 0 Å². The smallest absolute Gasteiger partial charge is 0.125 e. The summed E-state index contributed by atoms with van der Waals surface area (Å²) in [4.78, 5) is 4.78. The van der Waals surface area contributed by atoms with E-state index in [2.05, 4.69) is 47.2 Å². The molecule has 0 radical (unpaired) electrons. The number of benzene rings is 2. The number of fused-ring (bicyclic) bond motifs is 1. The zero-order chi connectivity index (χ0) is 18.8. The maximum atomic E-state index is 13.0. The largest absolute Gasteiger partial charge is 0.330 e. The van der Waals surface area contributed by atoms with Crippen molar-refractivity contribution in [2.75, 3.05) is 13.1 Å². The van der Waals surface area contributed by atoms with Gasteiger partial charge in [0.1, 0.15) is 11.6 Å². The molecule has 0 bridgehead atoms. The van der Waals surface area contributed by atoms with Crippen molar-refractivity contribution in [2.45, 2.75) is 32.7 Å². The minimum atomic E-state index is -0.160. The normalized spacial score (nSPS) is 17.8. The molecule has 3 aromatic rings. The molecule has 1 aliphatic rings. The van der Waals surface area contributed by atoms with Crippen LogP contribution in [0.15, 0.2) is 42.5 Å². The van der Waals surface area contributed by atoms with E-state index in [1.807, 2.05) is 12.1 Å². The number of hydrogen-bond donors (Lipinski definition) is 1. The Labute approximate surface area is 160 Å². The van der Waals surface area contributed by atoms with Gasteiger partial charge >= 0.3 is 0 Å². The third-order valence-electron chi connectivity index (χ3n) is 5.69. The van der Waals surface area contributed by atoms with Crippen LogP contribution in [0.2, 0.25) is 0 Å². The van der Waals surface area contributed by atoms with Crippen molar-refractivity contribution in [2.24, 2.45) is 13.0 Å². The van der Waals surface area contributed by atoms with Crippen molar-refractivity contribution < 1.29 is 4.39 Å². The van der Waals surface area contributed by atoms with Gasteiger partial charge in [0.25, 0.3) is 0 Å². The van der Waals surface area contributed by atoms with Crippen LogP contribution in [0, 0.1) is 18.7 Å². The summed E-state index contributed by atoms with van der Waals surface area (Å²) >= 11 is 0. The van der Waals surface area contributed by atoms with Crippen LogP contribution in [0.4, 0.5) is 4.39 Å². The lowest BCUT2D eigenvalue weighted by Crippen LogP contribution is -2.36. The number of hydrazine groups is 1. The van der Waals surface area contributed by atoms with Crippen molar-refractivity contribution in [3.05, 3.63) is 65.2 Å². The fourth-order valence-electron chi connectivity index (χ4n) is 4.09. The first-order valence-electron chi connectivity index (χ1n) is 9.74. The van der Waals surface area contributed by atoms with Gasteiger partial charge in [0, 0.05) is 20.1 Å². The van der Waals surface area contributed by atoms with Gasteiger partial charge < -0.3 is 4.57 Å². The summed E-state index contributed by atoms with van der Waals surface area (Å²) in [5.41, 5.74) is 8.31. The lowest BCUT2D eigenvalue weighted by Gasteiger charge is -2.17. The number of hydrogen-bond acceptors (Lipinski definition) is 3. The Morgan fingerprint density at radius 1 is 1.19 bits per heavy atom. The van der Waals surface area contributed by atoms with Gasteiger partial charge in [-0.1, -0.05) is 24.3 Å². The molecule has 1 fully saturated rings. The van der Waals surface area contributed by atoms with Crippen LogP contribution in [0.3, 0.4) is 0 Å². The van der Waals surface area contributed by atoms with Crippen LogP contribution in [0.1, 0.15) is 29.8 Å². The summed E-state index contributed by atoms with van der Waals surface area (Å²) in [6.45, 7) is 5.00. The fourth-order valence-corrected chi connectivity index (χ4v) is 4.09. The quantitative estimate of drug-likeness (QED) is 0.716. The Hall–Kier alpha value is -2.24. The zero-order valence-electron chi connectivity index (χ0n) is 16.1. The topological polar surface area (TPSA) is 33.1 Å². The third-order valence-corrected chi connectivity index (χ3v) is 5.69. The number of rotatable bonds is 6. The van der Waals surface area contributed by atoms with E-state index in [1.54, 1.807) is 12.1 Å². The third kappa shape index (κ3) is 4.04. The molecule has 1 aliphatic heterocycles. The molecule has 0 aliphatic carbocycles. The highest BCUT2D eigenvalue weighted by atomic mass is 19.1. The Bertz CT molecular complexity index is 916. The molecule has 27 heavy (non-hydrogen) atoms. The van der Waals surface area contributed by atoms with Crippen molar-refractivity contribution >= 4 is 11.0 Å². The second kappa shape index (κ2) is 7.79. The van der Waals surface area contributed by atoms with Crippen molar-refractivity contribution in [1.82, 2.24) is 20.0 Å². The molecule has 1 N–H and O–H groups in total. The first-order valence-corrected chi connectivity index (χ1v) is 9.74. The first-order chi connectivity index (χ1) is 13.1. The molecule has 0 amide bonds. The Balaban J connectivity index is 1.29. The van der Waals surface area contributed by atoms with E-state index in [1.165, 1.54) is 23.1 Å². The standard InChI is InChI=1S/C22H27FN4/c1-16-4-3-5-20-22(16)26(2)21(25-20)14-24-27-13-12-18(15-27)7-6-17-8-10-19(23)11-9-17/h3-5,8-11,18,24H,6-7,12-15H2,1-2H3. The van der Waals surface area contributed by atoms with Crippen LogP contribution in [-0.4, -0.2) is 27.6 Å². The highest BCUT2D eigenvalue weighted by Crippen LogP contribution is 2.22. The molecule has 0 saturated carbocycles. The Morgan fingerprint density at radius 3 is 2.78 bits per heavy atom. The van der Waals surface area contributed by atoms with Crippen molar-refractivity contribution in [3.63, 3.8) is 0 Å². The van der Waals surface area contributed by atoms with Gasteiger partial charge in [-0.25, -0.2) is 19.8 Å². The Kier molecular flexibility index (Phi) is 5.23. The summed E-state index contributed by atoms with van der Waals surface area (Å²) < 4.78 is 15.2. The van der Waals surface area contributed by atoms with E-state index in [0.29, 0.717) is 5.92 Å². The van der Waals surface area contributed by atoms with Gasteiger partial charge in [0.2, 0.25) is 0 Å². The fraction of sp³-hybridized carbons (Fsp3) is 0.409. The first kappa shape index (κ1) is 18.1. The summed E-state index contributed by atoms with van der Waals surface area (Å²) in [6.07, 6.45) is 3.37. The minimum Gasteiger partial charge on any atom is -0.330 e. The molecule has 2 aromatic carbocycles. The zero-order valence-corrected chi connectivity index (χ0v) is 16.1. The van der Waals surface area contributed by atoms with Gasteiger partial charge in [0.15, 0.2) is 0 Å². The molecule has 4 nitrogen and oxygen atoms in total. The molecule has 5 heteroatoms. The number of imidazole rings is 1. The lowest BCUT2D eigenvalue weighted by molar-refractivity contribution is 0.217. The molecule has 1 aromatic heterocycles. The Morgan fingerprint density at radius 2 is 2.00 bits per heavy atom. The molecule has 4 rings (SSSR count). The maximum Gasteiger partial charge on any atom is 0.125 e. The summed E-state index contributed by atoms with van der Waals surface area (Å²) in [7, 11) is 2.09. The van der Waals surface area contributed by atoms with Crippen molar-refractivity contribution in [3.8, 4) is 0 Å². The summed E-state index contributed by atoms with van der Waals surface area (Å²) in [5.74, 6) is 1.59. The molecule has 1 saturated heterocycles. The summed E-state index contributed by atoms with van der Waals surface area (Å²) in [6, 6.07) is 13.2.